The van der Waals surface area contributed by atoms with E-state index in [0.29, 0.717) is 37.2 Å². The molecular weight excluding hydrogens is 658 g/mol. The first-order valence-electron chi connectivity index (χ1n) is 12.9. The van der Waals surface area contributed by atoms with Gasteiger partial charge < -0.3 is 13.9 Å². The number of esters is 1. The predicted molar refractivity (Wildman–Crippen MR) is 168 cm³/mol. The van der Waals surface area contributed by atoms with Gasteiger partial charge in [-0.2, -0.15) is 0 Å². The highest BCUT2D eigenvalue weighted by atomic mass is 79.9. The van der Waals surface area contributed by atoms with Gasteiger partial charge in [-0.1, -0.05) is 39.4 Å². The van der Waals surface area contributed by atoms with Crippen LogP contribution in [0, 0.1) is 0 Å². The van der Waals surface area contributed by atoms with Crippen LogP contribution in [0.5, 0.6) is 5.75 Å². The zero-order valence-electron chi connectivity index (χ0n) is 22.9. The van der Waals surface area contributed by atoms with E-state index in [1.165, 1.54) is 27.7 Å². The number of ether oxygens (including phenoxy) is 2. The second-order valence-electron chi connectivity index (χ2n) is 9.63. The van der Waals surface area contributed by atoms with Crippen LogP contribution >= 0.6 is 50.4 Å². The molecule has 0 fully saturated rings. The number of allylic oxidation sites excluding steroid dienone is 1. The molecule has 12 heteroatoms. The summed E-state index contributed by atoms with van der Waals surface area (Å²) >= 11 is 7.79. The van der Waals surface area contributed by atoms with E-state index in [1.54, 1.807) is 51.4 Å². The van der Waals surface area contributed by atoms with Crippen LogP contribution in [0.25, 0.3) is 16.3 Å². The molecule has 1 aliphatic heterocycles. The number of hydrogen-bond donors (Lipinski definition) is 0. The van der Waals surface area contributed by atoms with Gasteiger partial charge in [-0.25, -0.2) is 14.8 Å². The Balaban J connectivity index is 1.43. The van der Waals surface area contributed by atoms with E-state index in [9.17, 15) is 9.59 Å². The molecule has 5 aromatic rings. The quantitative estimate of drug-likeness (QED) is 0.186. The van der Waals surface area contributed by atoms with Crippen molar-refractivity contribution in [3.63, 3.8) is 0 Å². The predicted octanol–water partition coefficient (Wildman–Crippen LogP) is 6.31. The number of furan rings is 1. The van der Waals surface area contributed by atoms with E-state index in [2.05, 4.69) is 25.9 Å². The molecule has 0 radical (unpaired) electrons. The molecule has 1 atom stereocenters. The van der Waals surface area contributed by atoms with E-state index in [1.807, 2.05) is 48.5 Å². The number of fused-ring (bicyclic) bond motifs is 2. The maximum atomic E-state index is 14.0. The third-order valence-electron chi connectivity index (χ3n) is 6.41. The van der Waals surface area contributed by atoms with Crippen LogP contribution in [0.4, 0.5) is 0 Å². The van der Waals surface area contributed by atoms with Crippen molar-refractivity contribution in [3.05, 3.63) is 101 Å². The molecule has 4 heterocycles. The first-order valence-corrected chi connectivity index (χ1v) is 16.2. The third kappa shape index (κ3) is 5.51. The van der Waals surface area contributed by atoms with E-state index in [4.69, 9.17) is 13.9 Å². The lowest BCUT2D eigenvalue weighted by Crippen LogP contribution is -2.40. The summed E-state index contributed by atoms with van der Waals surface area (Å²) < 4.78 is 22.0. The molecule has 0 aliphatic carbocycles. The van der Waals surface area contributed by atoms with Crippen molar-refractivity contribution in [2.24, 2.45) is 4.99 Å². The van der Waals surface area contributed by atoms with Crippen molar-refractivity contribution in [1.29, 1.82) is 0 Å². The molecule has 0 amide bonds. The minimum Gasteiger partial charge on any atom is -0.496 e. The Kier molecular flexibility index (Phi) is 7.97. The molecule has 8 nitrogen and oxygen atoms in total. The molecular formula is C30H24BrN3O5S3. The number of methoxy groups -OCH3 is 1. The molecule has 214 valence electrons. The van der Waals surface area contributed by atoms with Gasteiger partial charge in [0.15, 0.2) is 14.2 Å². The van der Waals surface area contributed by atoms with E-state index in [-0.39, 0.29) is 17.2 Å². The van der Waals surface area contributed by atoms with Gasteiger partial charge in [0.05, 0.1) is 39.2 Å². The molecule has 2 aromatic carbocycles. The van der Waals surface area contributed by atoms with Crippen molar-refractivity contribution in [1.82, 2.24) is 9.55 Å². The fourth-order valence-corrected chi connectivity index (χ4v) is 8.03. The van der Waals surface area contributed by atoms with E-state index in [0.717, 1.165) is 19.0 Å². The number of aromatic nitrogens is 2. The fraction of sp³-hybridized carbons (Fsp3) is 0.200. The number of thiazole rings is 2. The van der Waals surface area contributed by atoms with Gasteiger partial charge in [0, 0.05) is 16.1 Å². The number of carbonyl (C=O) groups excluding carboxylic acids is 1. The first kappa shape index (κ1) is 28.7. The molecule has 0 N–H and O–H groups in total. The van der Waals surface area contributed by atoms with Crippen molar-refractivity contribution in [2.75, 3.05) is 7.11 Å². The van der Waals surface area contributed by atoms with Crippen LogP contribution < -0.4 is 19.6 Å². The summed E-state index contributed by atoms with van der Waals surface area (Å²) in [5.41, 5.74) is 2.04. The third-order valence-corrected chi connectivity index (χ3v) is 9.90. The Hall–Kier alpha value is -3.45. The Labute approximate surface area is 261 Å². The molecule has 0 bridgehead atoms. The monoisotopic (exact) mass is 681 g/mol. The van der Waals surface area contributed by atoms with Gasteiger partial charge in [-0.15, -0.1) is 11.3 Å². The molecule has 0 spiro atoms. The van der Waals surface area contributed by atoms with Crippen LogP contribution in [-0.2, 0) is 9.53 Å². The van der Waals surface area contributed by atoms with Crippen LogP contribution in [0.15, 0.2) is 94.0 Å². The lowest BCUT2D eigenvalue weighted by molar-refractivity contribution is -0.143. The maximum Gasteiger partial charge on any atom is 0.338 e. The van der Waals surface area contributed by atoms with Gasteiger partial charge >= 0.3 is 5.97 Å². The largest absolute Gasteiger partial charge is 0.496 e. The minimum absolute atomic E-state index is 0.284. The number of halogens is 1. The Bertz CT molecular complexity index is 2020. The number of hydrogen-bond acceptors (Lipinski definition) is 10. The summed E-state index contributed by atoms with van der Waals surface area (Å²) in [4.78, 5) is 37.1. The second kappa shape index (κ2) is 11.7. The van der Waals surface area contributed by atoms with Gasteiger partial charge in [0.25, 0.3) is 5.56 Å². The SMILES string of the molecule is COc1ccc(Br)cc1[C@H]1C(C(=O)OC(C)C)=C(C)N=c2s/c(=C\c3ccc(Sc4nc5ccccc5s4)o3)c(=O)n21. The molecule has 6 rings (SSSR count). The number of carbonyl (C=O) groups is 1. The number of para-hydroxylation sites is 1. The average molecular weight is 683 g/mol. The number of nitrogens with zero attached hydrogens (tertiary/aromatic N) is 3. The lowest BCUT2D eigenvalue weighted by atomic mass is 9.95. The number of rotatable bonds is 7. The van der Waals surface area contributed by atoms with Crippen molar-refractivity contribution >= 4 is 72.6 Å². The van der Waals surface area contributed by atoms with Crippen molar-refractivity contribution in [2.45, 2.75) is 42.3 Å². The van der Waals surface area contributed by atoms with E-state index < -0.39 is 12.0 Å². The minimum atomic E-state index is -0.802. The van der Waals surface area contributed by atoms with Gasteiger partial charge in [0.1, 0.15) is 17.6 Å². The summed E-state index contributed by atoms with van der Waals surface area (Å²) in [5, 5.41) is 0.666. The van der Waals surface area contributed by atoms with Gasteiger partial charge in [-0.05, 0) is 75.0 Å². The maximum absolute atomic E-state index is 14.0. The van der Waals surface area contributed by atoms with Crippen molar-refractivity contribution < 1.29 is 18.7 Å². The van der Waals surface area contributed by atoms with Crippen LogP contribution in [0.2, 0.25) is 0 Å². The summed E-state index contributed by atoms with van der Waals surface area (Å²) in [6, 6.07) is 16.3. The number of benzene rings is 2. The van der Waals surface area contributed by atoms with Crippen LogP contribution in [-0.4, -0.2) is 28.7 Å². The normalized spacial score (nSPS) is 15.3. The summed E-state index contributed by atoms with van der Waals surface area (Å²) in [5.74, 6) is 0.524. The molecule has 0 saturated carbocycles. The Morgan fingerprint density at radius 1 is 1.17 bits per heavy atom. The zero-order chi connectivity index (χ0) is 29.5. The summed E-state index contributed by atoms with van der Waals surface area (Å²) in [7, 11) is 1.56. The Morgan fingerprint density at radius 2 is 1.98 bits per heavy atom. The van der Waals surface area contributed by atoms with Crippen LogP contribution in [0.1, 0.15) is 38.1 Å². The topological polar surface area (TPSA) is 95.9 Å². The van der Waals surface area contributed by atoms with Gasteiger partial charge in [-0.3, -0.25) is 9.36 Å². The average Bonchev–Trinajstić information content (AvgIpc) is 3.64. The zero-order valence-corrected chi connectivity index (χ0v) is 26.9. The standard InChI is InChI=1S/C30H24BrN3O5S3/c1-15(2)38-28(36)25-16(3)32-29-34(26(25)19-13-17(31)9-11-21(19)37-4)27(35)23(40-29)14-18-10-12-24(39-18)42-30-33-20-7-5-6-8-22(20)41-30/h5-15,26H,1-4H3/b23-14-/t26-/m0/s1. The fourth-order valence-electron chi connectivity index (χ4n) is 4.65. The summed E-state index contributed by atoms with van der Waals surface area (Å²) in [6.07, 6.45) is 1.36. The van der Waals surface area contributed by atoms with Crippen molar-refractivity contribution in [3.8, 4) is 5.75 Å². The molecule has 0 saturated heterocycles. The van der Waals surface area contributed by atoms with Crippen LogP contribution in [0.3, 0.4) is 0 Å². The lowest BCUT2D eigenvalue weighted by Gasteiger charge is -2.26. The summed E-state index contributed by atoms with van der Waals surface area (Å²) in [6.45, 7) is 5.32. The highest BCUT2D eigenvalue weighted by molar-refractivity contribution is 9.10. The first-order chi connectivity index (χ1) is 20.2. The molecule has 42 heavy (non-hydrogen) atoms. The Morgan fingerprint density at radius 3 is 2.74 bits per heavy atom. The molecule has 0 unspecified atom stereocenters. The smallest absolute Gasteiger partial charge is 0.338 e. The molecule has 3 aromatic heterocycles. The molecule has 1 aliphatic rings. The van der Waals surface area contributed by atoms with E-state index >= 15 is 0 Å². The highest BCUT2D eigenvalue weighted by Crippen LogP contribution is 2.38. The highest BCUT2D eigenvalue weighted by Gasteiger charge is 2.35. The second-order valence-corrected chi connectivity index (χ2v) is 13.8. The van der Waals surface area contributed by atoms with Gasteiger partial charge in [0.2, 0.25) is 0 Å².